The highest BCUT2D eigenvalue weighted by Crippen LogP contribution is 2.40. The van der Waals surface area contributed by atoms with Crippen molar-refractivity contribution in [2.45, 2.75) is 6.10 Å². The maximum atomic E-state index is 10.8. The minimum Gasteiger partial charge on any atom is -0.486 e. The van der Waals surface area contributed by atoms with Crippen LogP contribution < -0.4 is 9.47 Å². The molecule has 2 heterocycles. The van der Waals surface area contributed by atoms with Gasteiger partial charge in [-0.3, -0.25) is 0 Å². The number of hydrogen-bond donors (Lipinski definition) is 2. The van der Waals surface area contributed by atoms with E-state index in [1.807, 2.05) is 0 Å². The first-order chi connectivity index (χ1) is 10.1. The van der Waals surface area contributed by atoms with Crippen molar-refractivity contribution in [2.24, 2.45) is 0 Å². The second kappa shape index (κ2) is 5.42. The maximum Gasteiger partial charge on any atom is 0.371 e. The van der Waals surface area contributed by atoms with Gasteiger partial charge < -0.3 is 24.1 Å². The number of furan rings is 1. The van der Waals surface area contributed by atoms with Crippen LogP contribution in [0.15, 0.2) is 33.2 Å². The van der Waals surface area contributed by atoms with Crippen LogP contribution in [0.5, 0.6) is 11.5 Å². The van der Waals surface area contributed by atoms with Gasteiger partial charge in [0.2, 0.25) is 5.76 Å². The van der Waals surface area contributed by atoms with Gasteiger partial charge in [-0.25, -0.2) is 4.79 Å². The van der Waals surface area contributed by atoms with Crippen molar-refractivity contribution in [3.8, 4) is 11.5 Å². The van der Waals surface area contributed by atoms with E-state index in [0.717, 1.165) is 0 Å². The monoisotopic (exact) mass is 354 g/mol. The molecule has 1 atom stereocenters. The van der Waals surface area contributed by atoms with Gasteiger partial charge in [0, 0.05) is 0 Å². The van der Waals surface area contributed by atoms with Crippen molar-refractivity contribution < 1.29 is 28.9 Å². The number of halogens is 1. The largest absolute Gasteiger partial charge is 0.486 e. The summed E-state index contributed by atoms with van der Waals surface area (Å²) in [5.74, 6) is -0.147. The molecule has 1 aliphatic rings. The molecule has 0 bridgehead atoms. The molecular formula is C14H11BrO6. The molecule has 0 saturated heterocycles. The van der Waals surface area contributed by atoms with E-state index >= 15 is 0 Å². The fraction of sp³-hybridized carbons (Fsp3) is 0.214. The van der Waals surface area contributed by atoms with Crippen LogP contribution in [-0.2, 0) is 0 Å². The molecule has 0 aliphatic carbocycles. The summed E-state index contributed by atoms with van der Waals surface area (Å²) in [7, 11) is 0. The third-order valence-corrected chi connectivity index (χ3v) is 3.63. The minimum absolute atomic E-state index is 0.149. The zero-order chi connectivity index (χ0) is 15.0. The number of carboxylic acid groups (broad SMARTS) is 1. The van der Waals surface area contributed by atoms with E-state index in [9.17, 15) is 9.90 Å². The summed E-state index contributed by atoms with van der Waals surface area (Å²) >= 11 is 3.36. The van der Waals surface area contributed by atoms with Crippen molar-refractivity contribution in [3.05, 3.63) is 45.8 Å². The molecule has 0 fully saturated rings. The Morgan fingerprint density at radius 2 is 2.00 bits per heavy atom. The molecule has 1 aromatic carbocycles. The molecule has 0 spiro atoms. The van der Waals surface area contributed by atoms with Crippen LogP contribution in [0, 0.1) is 0 Å². The number of rotatable bonds is 3. The van der Waals surface area contributed by atoms with Crippen molar-refractivity contribution in [2.75, 3.05) is 13.2 Å². The Hall–Kier alpha value is -1.99. The Morgan fingerprint density at radius 3 is 2.71 bits per heavy atom. The zero-order valence-electron chi connectivity index (χ0n) is 10.7. The van der Waals surface area contributed by atoms with Gasteiger partial charge in [-0.1, -0.05) is 0 Å². The molecule has 7 heteroatoms. The van der Waals surface area contributed by atoms with Crippen LogP contribution in [0.25, 0.3) is 0 Å². The van der Waals surface area contributed by atoms with E-state index in [0.29, 0.717) is 34.7 Å². The van der Waals surface area contributed by atoms with Gasteiger partial charge in [0.1, 0.15) is 25.1 Å². The fourth-order valence-corrected chi connectivity index (χ4v) is 2.64. The lowest BCUT2D eigenvalue weighted by molar-refractivity contribution is 0.0655. The molecule has 21 heavy (non-hydrogen) atoms. The van der Waals surface area contributed by atoms with E-state index in [1.165, 1.54) is 12.1 Å². The third kappa shape index (κ3) is 2.62. The summed E-state index contributed by atoms with van der Waals surface area (Å²) in [6.45, 7) is 0.899. The first kappa shape index (κ1) is 14.0. The SMILES string of the molecule is O=C(O)c1ccc(C(O)c2cc(Br)c3c(c2)OCCO3)o1. The lowest BCUT2D eigenvalue weighted by Crippen LogP contribution is -2.16. The number of carbonyl (C=O) groups is 1. The minimum atomic E-state index is -1.18. The third-order valence-electron chi connectivity index (χ3n) is 3.04. The molecule has 2 aromatic rings. The predicted molar refractivity (Wildman–Crippen MR) is 74.9 cm³/mol. The molecule has 0 amide bonds. The zero-order valence-corrected chi connectivity index (χ0v) is 12.3. The quantitative estimate of drug-likeness (QED) is 0.880. The van der Waals surface area contributed by atoms with Crippen LogP contribution >= 0.6 is 15.9 Å². The molecule has 0 radical (unpaired) electrons. The van der Waals surface area contributed by atoms with Gasteiger partial charge in [0.25, 0.3) is 0 Å². The molecule has 110 valence electrons. The maximum absolute atomic E-state index is 10.8. The van der Waals surface area contributed by atoms with Crippen molar-refractivity contribution in [3.63, 3.8) is 0 Å². The summed E-state index contributed by atoms with van der Waals surface area (Å²) in [5.41, 5.74) is 0.511. The smallest absolute Gasteiger partial charge is 0.371 e. The highest BCUT2D eigenvalue weighted by Gasteiger charge is 2.22. The van der Waals surface area contributed by atoms with Crippen LogP contribution in [0.3, 0.4) is 0 Å². The van der Waals surface area contributed by atoms with Gasteiger partial charge in [-0.05, 0) is 45.8 Å². The Balaban J connectivity index is 1.95. The average molecular weight is 355 g/mol. The molecule has 1 unspecified atom stereocenters. The first-order valence-corrected chi connectivity index (χ1v) is 6.95. The summed E-state index contributed by atoms with van der Waals surface area (Å²) < 4.78 is 16.7. The topological polar surface area (TPSA) is 89.1 Å². The van der Waals surface area contributed by atoms with Gasteiger partial charge in [0.15, 0.2) is 11.5 Å². The van der Waals surface area contributed by atoms with Crippen LogP contribution in [0.2, 0.25) is 0 Å². The van der Waals surface area contributed by atoms with E-state index in [-0.39, 0.29) is 11.5 Å². The molecular weight excluding hydrogens is 344 g/mol. The predicted octanol–water partition coefficient (Wildman–Crippen LogP) is 2.59. The lowest BCUT2D eigenvalue weighted by atomic mass is 10.1. The number of benzene rings is 1. The summed E-state index contributed by atoms with van der Waals surface area (Å²) in [6.07, 6.45) is -1.09. The van der Waals surface area contributed by atoms with E-state index in [2.05, 4.69) is 15.9 Å². The van der Waals surface area contributed by atoms with Gasteiger partial charge in [-0.2, -0.15) is 0 Å². The van der Waals surface area contributed by atoms with Crippen LogP contribution in [0.4, 0.5) is 0 Å². The molecule has 6 nitrogen and oxygen atoms in total. The Kier molecular flexibility index (Phi) is 3.60. The van der Waals surface area contributed by atoms with Crippen LogP contribution in [-0.4, -0.2) is 29.4 Å². The molecule has 0 saturated carbocycles. The summed E-state index contributed by atoms with van der Waals surface area (Å²) in [4.78, 5) is 10.8. The number of aliphatic hydroxyl groups is 1. The highest BCUT2D eigenvalue weighted by molar-refractivity contribution is 9.10. The Labute approximate surface area is 128 Å². The standard InChI is InChI=1S/C14H11BrO6/c15-8-5-7(6-11-13(8)20-4-3-19-11)12(16)9-1-2-10(21-9)14(17)18/h1-2,5-6,12,16H,3-4H2,(H,17,18). The van der Waals surface area contributed by atoms with E-state index in [4.69, 9.17) is 19.0 Å². The second-order valence-electron chi connectivity index (χ2n) is 4.44. The molecule has 1 aliphatic heterocycles. The summed E-state index contributed by atoms with van der Waals surface area (Å²) in [6, 6.07) is 6.06. The normalized spacial score (nSPS) is 14.8. The summed E-state index contributed by atoms with van der Waals surface area (Å²) in [5, 5.41) is 19.1. The van der Waals surface area contributed by atoms with Gasteiger partial charge in [-0.15, -0.1) is 0 Å². The van der Waals surface area contributed by atoms with Gasteiger partial charge >= 0.3 is 5.97 Å². The van der Waals surface area contributed by atoms with Crippen molar-refractivity contribution in [1.29, 1.82) is 0 Å². The van der Waals surface area contributed by atoms with Crippen LogP contribution in [0.1, 0.15) is 28.0 Å². The number of fused-ring (bicyclic) bond motifs is 1. The van der Waals surface area contributed by atoms with Crippen molar-refractivity contribution >= 4 is 21.9 Å². The number of hydrogen-bond acceptors (Lipinski definition) is 5. The first-order valence-electron chi connectivity index (χ1n) is 6.16. The van der Waals surface area contributed by atoms with E-state index < -0.39 is 12.1 Å². The molecule has 1 aromatic heterocycles. The Bertz CT molecular complexity index is 693. The Morgan fingerprint density at radius 1 is 1.24 bits per heavy atom. The highest BCUT2D eigenvalue weighted by atomic mass is 79.9. The lowest BCUT2D eigenvalue weighted by Gasteiger charge is -2.21. The average Bonchev–Trinajstić information content (AvgIpc) is 2.96. The van der Waals surface area contributed by atoms with Gasteiger partial charge in [0.05, 0.1) is 4.47 Å². The van der Waals surface area contributed by atoms with E-state index in [1.54, 1.807) is 12.1 Å². The second-order valence-corrected chi connectivity index (χ2v) is 5.29. The number of ether oxygens (including phenoxy) is 2. The molecule has 3 rings (SSSR count). The number of aromatic carboxylic acids is 1. The molecule has 2 N–H and O–H groups in total. The van der Waals surface area contributed by atoms with Crippen molar-refractivity contribution in [1.82, 2.24) is 0 Å². The number of aliphatic hydroxyl groups excluding tert-OH is 1. The number of carboxylic acids is 1. The fourth-order valence-electron chi connectivity index (χ4n) is 2.07.